The van der Waals surface area contributed by atoms with Gasteiger partial charge < -0.3 is 14.7 Å². The highest BCUT2D eigenvalue weighted by Gasteiger charge is 2.49. The van der Waals surface area contributed by atoms with Crippen LogP contribution in [0.1, 0.15) is 67.8 Å². The van der Waals surface area contributed by atoms with Gasteiger partial charge in [0.1, 0.15) is 0 Å². The molecule has 1 aromatic rings. The highest BCUT2D eigenvalue weighted by molar-refractivity contribution is 5.89. The zero-order chi connectivity index (χ0) is 19.6. The molecule has 2 fully saturated rings. The number of likely N-dealkylation sites (tertiary alicyclic amines) is 1. The summed E-state index contributed by atoms with van der Waals surface area (Å²) in [6.45, 7) is 6.06. The van der Waals surface area contributed by atoms with Crippen LogP contribution in [0.3, 0.4) is 0 Å². The lowest BCUT2D eigenvalue weighted by atomic mass is 9.75. The number of hydrogen-bond donors (Lipinski definition) is 1. The first-order chi connectivity index (χ1) is 12.9. The number of carbonyl (C=O) groups is 2. The highest BCUT2D eigenvalue weighted by Crippen LogP contribution is 2.47. The van der Waals surface area contributed by atoms with Crippen LogP contribution in [-0.2, 0) is 9.53 Å². The standard InChI is InChI=1S/C22H31NO4/c1-15(2)22(21(25)26)10-7-19(14-22)23-11-8-16(9-12-23)17-5-4-6-18(13-17)20(24)27-3/h4-6,13,15-16,19H,7-12,14H2,1-3H3,(H,25,26)/t19?,22-/m0/s1. The van der Waals surface area contributed by atoms with Crippen molar-refractivity contribution in [2.45, 2.75) is 57.9 Å². The summed E-state index contributed by atoms with van der Waals surface area (Å²) in [6.07, 6.45) is 4.62. The number of ether oxygens (including phenoxy) is 1. The Bertz CT molecular complexity index is 693. The summed E-state index contributed by atoms with van der Waals surface area (Å²) in [5.41, 5.74) is 1.25. The number of rotatable bonds is 5. The Hall–Kier alpha value is -1.88. The van der Waals surface area contributed by atoms with Gasteiger partial charge in [-0.2, -0.15) is 0 Å². The predicted molar refractivity (Wildman–Crippen MR) is 104 cm³/mol. The van der Waals surface area contributed by atoms with E-state index in [9.17, 15) is 14.7 Å². The molecule has 0 amide bonds. The molecule has 5 heteroatoms. The number of esters is 1. The van der Waals surface area contributed by atoms with Gasteiger partial charge in [-0.3, -0.25) is 4.79 Å². The molecule has 2 aliphatic rings. The molecule has 2 atom stereocenters. The molecule has 0 aromatic heterocycles. The predicted octanol–water partition coefficient (Wildman–Crippen LogP) is 3.93. The number of carbonyl (C=O) groups excluding carboxylic acids is 1. The van der Waals surface area contributed by atoms with E-state index in [2.05, 4.69) is 11.0 Å². The zero-order valence-corrected chi connectivity index (χ0v) is 16.6. The Morgan fingerprint density at radius 1 is 1.22 bits per heavy atom. The molecule has 1 saturated carbocycles. The van der Waals surface area contributed by atoms with E-state index >= 15 is 0 Å². The van der Waals surface area contributed by atoms with Crippen LogP contribution in [0.15, 0.2) is 24.3 Å². The number of aliphatic carboxylic acids is 1. The van der Waals surface area contributed by atoms with Crippen molar-refractivity contribution in [3.63, 3.8) is 0 Å². The quantitative estimate of drug-likeness (QED) is 0.792. The van der Waals surface area contributed by atoms with Crippen LogP contribution >= 0.6 is 0 Å². The number of benzene rings is 1. The summed E-state index contributed by atoms with van der Waals surface area (Å²) < 4.78 is 4.83. The largest absolute Gasteiger partial charge is 0.481 e. The summed E-state index contributed by atoms with van der Waals surface area (Å²) in [7, 11) is 1.41. The fraction of sp³-hybridized carbons (Fsp3) is 0.636. The van der Waals surface area contributed by atoms with Gasteiger partial charge in [0.2, 0.25) is 0 Å². The minimum Gasteiger partial charge on any atom is -0.481 e. The SMILES string of the molecule is COC(=O)c1cccc(C2CCN(C3CC[C@@](C(=O)O)(C(C)C)C3)CC2)c1. The molecule has 1 N–H and O–H groups in total. The van der Waals surface area contributed by atoms with Crippen molar-refractivity contribution < 1.29 is 19.4 Å². The van der Waals surface area contributed by atoms with Crippen LogP contribution in [0, 0.1) is 11.3 Å². The van der Waals surface area contributed by atoms with Crippen molar-refractivity contribution in [1.29, 1.82) is 0 Å². The molecule has 1 heterocycles. The molecular formula is C22H31NO4. The fourth-order valence-electron chi connectivity index (χ4n) is 4.96. The Morgan fingerprint density at radius 2 is 1.93 bits per heavy atom. The van der Waals surface area contributed by atoms with E-state index in [4.69, 9.17) is 4.74 Å². The third-order valence-electron chi connectivity index (χ3n) is 6.88. The highest BCUT2D eigenvalue weighted by atomic mass is 16.5. The van der Waals surface area contributed by atoms with Crippen molar-refractivity contribution in [1.82, 2.24) is 4.90 Å². The van der Waals surface area contributed by atoms with Crippen LogP contribution in [0.25, 0.3) is 0 Å². The maximum atomic E-state index is 11.9. The second kappa shape index (κ2) is 8.01. The summed E-state index contributed by atoms with van der Waals surface area (Å²) in [5.74, 6) is -0.311. The topological polar surface area (TPSA) is 66.8 Å². The lowest BCUT2D eigenvalue weighted by molar-refractivity contribution is -0.151. The summed E-state index contributed by atoms with van der Waals surface area (Å²) >= 11 is 0. The van der Waals surface area contributed by atoms with Gasteiger partial charge in [0.15, 0.2) is 0 Å². The summed E-state index contributed by atoms with van der Waals surface area (Å²) in [4.78, 5) is 26.1. The molecule has 1 aromatic carbocycles. The number of carboxylic acids is 1. The Labute approximate surface area is 161 Å². The van der Waals surface area contributed by atoms with Gasteiger partial charge in [-0.05, 0) is 74.7 Å². The molecule has 1 aliphatic heterocycles. The third-order valence-corrected chi connectivity index (χ3v) is 6.88. The van der Waals surface area contributed by atoms with Crippen LogP contribution in [-0.4, -0.2) is 48.2 Å². The Kier molecular flexibility index (Phi) is 5.89. The Balaban J connectivity index is 1.61. The van der Waals surface area contributed by atoms with E-state index in [-0.39, 0.29) is 11.9 Å². The van der Waals surface area contributed by atoms with Crippen LogP contribution in [0.2, 0.25) is 0 Å². The molecule has 1 aliphatic carbocycles. The Morgan fingerprint density at radius 3 is 2.48 bits per heavy atom. The maximum Gasteiger partial charge on any atom is 0.337 e. The molecular weight excluding hydrogens is 342 g/mol. The molecule has 0 spiro atoms. The average Bonchev–Trinajstić information content (AvgIpc) is 3.15. The fourth-order valence-corrected chi connectivity index (χ4v) is 4.96. The average molecular weight is 373 g/mol. The van der Waals surface area contributed by atoms with E-state index in [0.29, 0.717) is 17.5 Å². The minimum absolute atomic E-state index is 0.165. The number of piperidine rings is 1. The monoisotopic (exact) mass is 373 g/mol. The van der Waals surface area contributed by atoms with E-state index in [1.165, 1.54) is 12.7 Å². The van der Waals surface area contributed by atoms with E-state index in [1.54, 1.807) is 6.07 Å². The smallest absolute Gasteiger partial charge is 0.337 e. The number of nitrogens with zero attached hydrogens (tertiary/aromatic N) is 1. The molecule has 5 nitrogen and oxygen atoms in total. The normalized spacial score (nSPS) is 27.0. The van der Waals surface area contributed by atoms with Crippen molar-refractivity contribution in [2.24, 2.45) is 11.3 Å². The summed E-state index contributed by atoms with van der Waals surface area (Å²) in [6, 6.07) is 8.15. The molecule has 0 bridgehead atoms. The molecule has 1 unspecified atom stereocenters. The van der Waals surface area contributed by atoms with Gasteiger partial charge >= 0.3 is 11.9 Å². The number of carboxylic acid groups (broad SMARTS) is 1. The van der Waals surface area contributed by atoms with Crippen LogP contribution in [0.5, 0.6) is 0 Å². The molecule has 3 rings (SSSR count). The van der Waals surface area contributed by atoms with Crippen molar-refractivity contribution in [3.8, 4) is 0 Å². The maximum absolute atomic E-state index is 11.9. The van der Waals surface area contributed by atoms with Crippen LogP contribution < -0.4 is 0 Å². The van der Waals surface area contributed by atoms with Gasteiger partial charge in [0.05, 0.1) is 18.1 Å². The van der Waals surface area contributed by atoms with Crippen molar-refractivity contribution in [3.05, 3.63) is 35.4 Å². The second-order valence-electron chi connectivity index (χ2n) is 8.44. The van der Waals surface area contributed by atoms with Crippen LogP contribution in [0.4, 0.5) is 0 Å². The number of hydrogen-bond acceptors (Lipinski definition) is 4. The molecule has 1 saturated heterocycles. The zero-order valence-electron chi connectivity index (χ0n) is 16.6. The molecule has 27 heavy (non-hydrogen) atoms. The lowest BCUT2D eigenvalue weighted by Gasteiger charge is -2.37. The molecule has 148 valence electrons. The minimum atomic E-state index is -0.630. The van der Waals surface area contributed by atoms with Gasteiger partial charge in [0, 0.05) is 6.04 Å². The van der Waals surface area contributed by atoms with E-state index in [0.717, 1.165) is 45.2 Å². The van der Waals surface area contributed by atoms with Gasteiger partial charge in [0.25, 0.3) is 0 Å². The lowest BCUT2D eigenvalue weighted by Crippen LogP contribution is -2.42. The third kappa shape index (κ3) is 3.88. The van der Waals surface area contributed by atoms with Gasteiger partial charge in [-0.25, -0.2) is 4.79 Å². The summed E-state index contributed by atoms with van der Waals surface area (Å²) in [5, 5.41) is 9.78. The second-order valence-corrected chi connectivity index (χ2v) is 8.44. The van der Waals surface area contributed by atoms with Gasteiger partial charge in [-0.1, -0.05) is 26.0 Å². The van der Waals surface area contributed by atoms with E-state index in [1.807, 2.05) is 26.0 Å². The first kappa shape index (κ1) is 19.9. The van der Waals surface area contributed by atoms with Crippen molar-refractivity contribution in [2.75, 3.05) is 20.2 Å². The first-order valence-electron chi connectivity index (χ1n) is 10.0. The van der Waals surface area contributed by atoms with Crippen molar-refractivity contribution >= 4 is 11.9 Å². The van der Waals surface area contributed by atoms with Gasteiger partial charge in [-0.15, -0.1) is 0 Å². The van der Waals surface area contributed by atoms with E-state index < -0.39 is 11.4 Å². The first-order valence-corrected chi connectivity index (χ1v) is 10.0. The number of methoxy groups -OCH3 is 1. The molecule has 0 radical (unpaired) electrons.